The topological polar surface area (TPSA) is 61.9 Å². The minimum absolute atomic E-state index is 0.0706. The predicted octanol–water partition coefficient (Wildman–Crippen LogP) is 1.50. The minimum atomic E-state index is 0.0706. The molecule has 0 bridgehead atoms. The van der Waals surface area contributed by atoms with Crippen molar-refractivity contribution in [1.29, 1.82) is 0 Å². The van der Waals surface area contributed by atoms with Gasteiger partial charge in [0.1, 0.15) is 6.54 Å². The zero-order chi connectivity index (χ0) is 13.7. The third-order valence-corrected chi connectivity index (χ3v) is 3.87. The highest BCUT2D eigenvalue weighted by Crippen LogP contribution is 2.34. The Bertz CT molecular complexity index is 672. The normalized spacial score (nSPS) is 23.6. The molecular formula is C15H14N4O. The first kappa shape index (κ1) is 11.3. The molecule has 4 rings (SSSR count). The lowest BCUT2D eigenvalue weighted by Gasteiger charge is -2.21. The van der Waals surface area contributed by atoms with Crippen molar-refractivity contribution in [2.75, 3.05) is 17.2 Å². The second-order valence-electron chi connectivity index (χ2n) is 5.12. The van der Waals surface area contributed by atoms with Gasteiger partial charge >= 0.3 is 0 Å². The molecule has 1 aromatic carbocycles. The van der Waals surface area contributed by atoms with Crippen molar-refractivity contribution in [2.24, 2.45) is 4.99 Å². The molecule has 5 nitrogen and oxygen atoms in total. The number of allylic oxidation sites excluding steroid dienone is 2. The third-order valence-electron chi connectivity index (χ3n) is 3.87. The monoisotopic (exact) mass is 266 g/mol. The Balaban J connectivity index is 1.75. The number of nitrogens with two attached hydrogens (primary N) is 1. The fourth-order valence-electron chi connectivity index (χ4n) is 2.88. The van der Waals surface area contributed by atoms with Gasteiger partial charge in [-0.15, -0.1) is 0 Å². The summed E-state index contributed by atoms with van der Waals surface area (Å²) in [6.45, 7) is 0.343. The first-order valence-corrected chi connectivity index (χ1v) is 6.64. The molecule has 2 aliphatic heterocycles. The molecule has 2 heterocycles. The maximum atomic E-state index is 12.3. The van der Waals surface area contributed by atoms with E-state index >= 15 is 0 Å². The molecule has 2 N–H and O–H groups in total. The molecule has 1 unspecified atom stereocenters. The summed E-state index contributed by atoms with van der Waals surface area (Å²) in [4.78, 5) is 20.7. The van der Waals surface area contributed by atoms with Crippen molar-refractivity contribution in [3.8, 4) is 0 Å². The molecule has 0 saturated carbocycles. The van der Waals surface area contributed by atoms with Crippen molar-refractivity contribution in [1.82, 2.24) is 4.90 Å². The number of guanidine groups is 1. The van der Waals surface area contributed by atoms with Gasteiger partial charge in [-0.25, -0.2) is 4.99 Å². The molecule has 1 aliphatic carbocycles. The van der Waals surface area contributed by atoms with Crippen molar-refractivity contribution in [2.45, 2.75) is 12.5 Å². The van der Waals surface area contributed by atoms with Crippen LogP contribution in [0.15, 0.2) is 53.2 Å². The maximum Gasteiger partial charge on any atom is 0.250 e. The summed E-state index contributed by atoms with van der Waals surface area (Å²) in [7, 11) is 0. The van der Waals surface area contributed by atoms with Gasteiger partial charge in [0.15, 0.2) is 0 Å². The van der Waals surface area contributed by atoms with Gasteiger partial charge in [0.25, 0.3) is 0 Å². The predicted molar refractivity (Wildman–Crippen MR) is 78.1 cm³/mol. The van der Waals surface area contributed by atoms with Crippen molar-refractivity contribution < 1.29 is 4.79 Å². The molecule has 20 heavy (non-hydrogen) atoms. The Hall–Kier alpha value is -2.56. The lowest BCUT2D eigenvalue weighted by atomic mass is 10.1. The fraction of sp³-hybridized carbons (Fsp3) is 0.200. The van der Waals surface area contributed by atoms with Crippen LogP contribution in [0.4, 0.5) is 11.4 Å². The fourth-order valence-corrected chi connectivity index (χ4v) is 2.88. The van der Waals surface area contributed by atoms with E-state index < -0.39 is 0 Å². The van der Waals surface area contributed by atoms with E-state index in [1.165, 1.54) is 0 Å². The molecule has 100 valence electrons. The Morgan fingerprint density at radius 2 is 2.05 bits per heavy atom. The molecule has 1 aromatic rings. The van der Waals surface area contributed by atoms with Crippen LogP contribution in [0, 0.1) is 0 Å². The highest BCUT2D eigenvalue weighted by atomic mass is 16.2. The van der Waals surface area contributed by atoms with Crippen LogP contribution in [-0.2, 0) is 4.79 Å². The van der Waals surface area contributed by atoms with E-state index in [0.717, 1.165) is 23.8 Å². The second-order valence-corrected chi connectivity index (χ2v) is 5.12. The summed E-state index contributed by atoms with van der Waals surface area (Å²) < 4.78 is 0. The molecule has 1 atom stereocenters. The van der Waals surface area contributed by atoms with E-state index in [0.29, 0.717) is 12.2 Å². The number of nitrogen functional groups attached to an aromatic ring is 1. The zero-order valence-electron chi connectivity index (χ0n) is 10.9. The largest absolute Gasteiger partial charge is 0.399 e. The van der Waals surface area contributed by atoms with Crippen LogP contribution in [0.25, 0.3) is 0 Å². The van der Waals surface area contributed by atoms with Crippen LogP contribution < -0.4 is 10.6 Å². The maximum absolute atomic E-state index is 12.3. The summed E-state index contributed by atoms with van der Waals surface area (Å²) in [6, 6.07) is 7.59. The number of aliphatic imine (C=N–C) groups is 1. The van der Waals surface area contributed by atoms with Gasteiger partial charge in [0, 0.05) is 11.4 Å². The average Bonchev–Trinajstić information content (AvgIpc) is 2.98. The van der Waals surface area contributed by atoms with Crippen molar-refractivity contribution in [3.63, 3.8) is 0 Å². The Morgan fingerprint density at radius 1 is 1.25 bits per heavy atom. The first-order chi connectivity index (χ1) is 9.74. The number of carbonyl (C=O) groups excluding carboxylic acids is 1. The molecule has 0 radical (unpaired) electrons. The zero-order valence-corrected chi connectivity index (χ0v) is 10.9. The minimum Gasteiger partial charge on any atom is -0.399 e. The van der Waals surface area contributed by atoms with E-state index in [9.17, 15) is 4.79 Å². The van der Waals surface area contributed by atoms with Gasteiger partial charge in [-0.1, -0.05) is 12.2 Å². The standard InChI is InChI=1S/C15H14N4O/c16-10-5-7-11(8-6-10)18-9-14(20)19-13-4-2-1-3-12(13)17-15(18)19/h1-3,5-8,13H,4,9,16H2. The summed E-state index contributed by atoms with van der Waals surface area (Å²) in [6.07, 6.45) is 6.88. The highest BCUT2D eigenvalue weighted by molar-refractivity contribution is 6.16. The average molecular weight is 266 g/mol. The van der Waals surface area contributed by atoms with E-state index in [4.69, 9.17) is 5.73 Å². The summed E-state index contributed by atoms with van der Waals surface area (Å²) in [5.41, 5.74) is 8.34. The molecule has 0 aromatic heterocycles. The number of rotatable bonds is 1. The van der Waals surface area contributed by atoms with Crippen LogP contribution in [0.2, 0.25) is 0 Å². The lowest BCUT2D eigenvalue weighted by Crippen LogP contribution is -2.38. The number of hydrogen-bond donors (Lipinski definition) is 1. The number of nitrogens with zero attached hydrogens (tertiary/aromatic N) is 3. The van der Waals surface area contributed by atoms with Crippen molar-refractivity contribution in [3.05, 3.63) is 48.2 Å². The van der Waals surface area contributed by atoms with E-state index in [-0.39, 0.29) is 11.9 Å². The van der Waals surface area contributed by atoms with E-state index in [1.54, 1.807) is 0 Å². The van der Waals surface area contributed by atoms with Gasteiger partial charge in [-0.2, -0.15) is 0 Å². The second kappa shape index (κ2) is 3.96. The highest BCUT2D eigenvalue weighted by Gasteiger charge is 2.45. The molecule has 5 heteroatoms. The summed E-state index contributed by atoms with van der Waals surface area (Å²) in [5.74, 6) is 0.837. The van der Waals surface area contributed by atoms with Gasteiger partial charge in [-0.05, 0) is 36.8 Å². The van der Waals surface area contributed by atoms with Gasteiger partial charge < -0.3 is 10.6 Å². The Morgan fingerprint density at radius 3 is 2.85 bits per heavy atom. The first-order valence-electron chi connectivity index (χ1n) is 6.64. The van der Waals surface area contributed by atoms with Crippen LogP contribution in [0.3, 0.4) is 0 Å². The number of benzene rings is 1. The van der Waals surface area contributed by atoms with Crippen molar-refractivity contribution >= 4 is 23.2 Å². The summed E-state index contributed by atoms with van der Waals surface area (Å²) >= 11 is 0. The number of fused-ring (bicyclic) bond motifs is 3. The Labute approximate surface area is 116 Å². The smallest absolute Gasteiger partial charge is 0.250 e. The van der Waals surface area contributed by atoms with Crippen LogP contribution in [0.1, 0.15) is 6.42 Å². The SMILES string of the molecule is Nc1ccc(N2CC(=O)N3C2=NC2=CC=CCC23)cc1. The van der Waals surface area contributed by atoms with E-state index in [2.05, 4.69) is 11.1 Å². The molecule has 1 amide bonds. The number of amides is 1. The number of carbonyl (C=O) groups is 1. The molecule has 0 spiro atoms. The Kier molecular flexibility index (Phi) is 2.24. The van der Waals surface area contributed by atoms with Gasteiger partial charge in [0.05, 0.1) is 11.7 Å². The van der Waals surface area contributed by atoms with Crippen LogP contribution >= 0.6 is 0 Å². The summed E-state index contributed by atoms with van der Waals surface area (Å²) in [5, 5.41) is 0. The molecular weight excluding hydrogens is 252 g/mol. The van der Waals surface area contributed by atoms with Gasteiger partial charge in [0.2, 0.25) is 11.9 Å². The molecule has 1 fully saturated rings. The van der Waals surface area contributed by atoms with E-state index in [1.807, 2.05) is 46.2 Å². The number of anilines is 2. The molecule has 3 aliphatic rings. The lowest BCUT2D eigenvalue weighted by molar-refractivity contribution is -0.125. The van der Waals surface area contributed by atoms with Gasteiger partial charge in [-0.3, -0.25) is 9.69 Å². The quantitative estimate of drug-likeness (QED) is 0.783. The molecule has 1 saturated heterocycles. The third kappa shape index (κ3) is 1.49. The number of hydrogen-bond acceptors (Lipinski definition) is 4. The van der Waals surface area contributed by atoms with Crippen LogP contribution in [0.5, 0.6) is 0 Å². The van der Waals surface area contributed by atoms with Crippen LogP contribution in [-0.4, -0.2) is 29.4 Å².